The van der Waals surface area contributed by atoms with Gasteiger partial charge in [-0.05, 0) is 49.4 Å². The first-order chi connectivity index (χ1) is 11.2. The third-order valence-electron chi connectivity index (χ3n) is 4.12. The fourth-order valence-corrected chi connectivity index (χ4v) is 3.53. The van der Waals surface area contributed by atoms with E-state index in [1.54, 1.807) is 18.2 Å². The van der Waals surface area contributed by atoms with Crippen LogP contribution >= 0.6 is 11.6 Å². The Labute approximate surface area is 149 Å². The molecule has 0 aliphatic carbocycles. The second-order valence-electron chi connectivity index (χ2n) is 6.08. The second-order valence-corrected chi connectivity index (χ2v) is 8.67. The summed E-state index contributed by atoms with van der Waals surface area (Å²) in [5.41, 5.74) is 2.13. The Morgan fingerprint density at radius 1 is 1.04 bits per heavy atom. The van der Waals surface area contributed by atoms with Gasteiger partial charge in [-0.3, -0.25) is 4.90 Å². The quantitative estimate of drug-likeness (QED) is 0.781. The van der Waals surface area contributed by atoms with Crippen molar-refractivity contribution in [3.8, 4) is 0 Å². The van der Waals surface area contributed by atoms with E-state index in [-0.39, 0.29) is 6.04 Å². The number of nitrogens with zero attached hydrogens (tertiary/aromatic N) is 2. The molecule has 0 saturated carbocycles. The summed E-state index contributed by atoms with van der Waals surface area (Å²) in [4.78, 5) is 2.49. The highest BCUT2D eigenvalue weighted by atomic mass is 35.5. The Hall–Kier alpha value is -1.40. The first-order valence-corrected chi connectivity index (χ1v) is 9.51. The molecule has 24 heavy (non-hydrogen) atoms. The maximum atomic E-state index is 12.3. The summed E-state index contributed by atoms with van der Waals surface area (Å²) in [7, 11) is 1.68. The zero-order chi connectivity index (χ0) is 17.9. The molecule has 0 radical (unpaired) electrons. The smallest absolute Gasteiger partial charge is 0.242 e. The number of hydrogen-bond donors (Lipinski definition) is 0. The molecule has 0 aromatic heterocycles. The highest BCUT2D eigenvalue weighted by Gasteiger charge is 2.18. The minimum atomic E-state index is -3.41. The molecule has 2 rings (SSSR count). The van der Waals surface area contributed by atoms with Gasteiger partial charge in [0.15, 0.2) is 0 Å². The van der Waals surface area contributed by atoms with E-state index in [1.165, 1.54) is 24.0 Å². The van der Waals surface area contributed by atoms with E-state index in [2.05, 4.69) is 11.8 Å². The van der Waals surface area contributed by atoms with Gasteiger partial charge in [-0.2, -0.15) is 0 Å². The van der Waals surface area contributed by atoms with Crippen molar-refractivity contribution in [1.29, 1.82) is 0 Å². The van der Waals surface area contributed by atoms with E-state index in [1.807, 2.05) is 37.4 Å². The fourth-order valence-electron chi connectivity index (χ4n) is 2.44. The largest absolute Gasteiger partial charge is 0.295 e. The van der Waals surface area contributed by atoms with Crippen LogP contribution in [0.1, 0.15) is 24.1 Å². The van der Waals surface area contributed by atoms with Crippen LogP contribution in [0.25, 0.3) is 0 Å². The minimum Gasteiger partial charge on any atom is -0.295 e. The Morgan fingerprint density at radius 2 is 1.67 bits per heavy atom. The molecule has 0 fully saturated rings. The molecule has 2 aromatic rings. The average Bonchev–Trinajstić information content (AvgIpc) is 2.55. The van der Waals surface area contributed by atoms with Crippen molar-refractivity contribution in [3.63, 3.8) is 0 Å². The van der Waals surface area contributed by atoms with Gasteiger partial charge in [0.2, 0.25) is 10.0 Å². The van der Waals surface area contributed by atoms with Crippen LogP contribution in [0.3, 0.4) is 0 Å². The summed E-state index contributed by atoms with van der Waals surface area (Å²) >= 11 is 5.94. The molecule has 1 unspecified atom stereocenters. The molecule has 1 atom stereocenters. The van der Waals surface area contributed by atoms with Crippen molar-refractivity contribution >= 4 is 21.6 Å². The van der Waals surface area contributed by atoms with Gasteiger partial charge in [0, 0.05) is 31.7 Å². The molecule has 130 valence electrons. The predicted molar refractivity (Wildman–Crippen MR) is 98.6 cm³/mol. The summed E-state index contributed by atoms with van der Waals surface area (Å²) < 4.78 is 25.7. The molecule has 4 nitrogen and oxygen atoms in total. The minimum absolute atomic E-state index is 0.191. The van der Waals surface area contributed by atoms with Gasteiger partial charge < -0.3 is 0 Å². The summed E-state index contributed by atoms with van der Waals surface area (Å²) in [5.74, 6) is 0. The highest BCUT2D eigenvalue weighted by Crippen LogP contribution is 2.23. The maximum Gasteiger partial charge on any atom is 0.242 e. The van der Waals surface area contributed by atoms with Crippen LogP contribution in [0, 0.1) is 0 Å². The zero-order valence-electron chi connectivity index (χ0n) is 14.4. The molecule has 2 aromatic carbocycles. The fraction of sp³-hybridized carbons (Fsp3) is 0.333. The topological polar surface area (TPSA) is 40.6 Å². The lowest BCUT2D eigenvalue weighted by molar-refractivity contribution is 0.253. The van der Waals surface area contributed by atoms with Crippen molar-refractivity contribution < 1.29 is 8.42 Å². The molecule has 6 heteroatoms. The normalized spacial score (nSPS) is 13.5. The lowest BCUT2D eigenvalue weighted by Crippen LogP contribution is -2.24. The van der Waals surface area contributed by atoms with Gasteiger partial charge in [-0.1, -0.05) is 35.9 Å². The van der Waals surface area contributed by atoms with Crippen molar-refractivity contribution in [2.75, 3.05) is 21.1 Å². The standard InChI is InChI=1S/C18H23ClN2O2S/c1-14(16-8-10-17(19)11-9-16)21(4)13-15-6-5-7-18(12-15)24(22,23)20(2)3/h5-12,14H,13H2,1-4H3. The number of hydrogen-bond acceptors (Lipinski definition) is 3. The van der Waals surface area contributed by atoms with E-state index in [9.17, 15) is 8.42 Å². The van der Waals surface area contributed by atoms with E-state index >= 15 is 0 Å². The third-order valence-corrected chi connectivity index (χ3v) is 6.19. The van der Waals surface area contributed by atoms with Crippen LogP contribution in [0.5, 0.6) is 0 Å². The van der Waals surface area contributed by atoms with Crippen LogP contribution in [0.2, 0.25) is 5.02 Å². The van der Waals surface area contributed by atoms with Crippen LogP contribution in [0.15, 0.2) is 53.4 Å². The zero-order valence-corrected chi connectivity index (χ0v) is 16.0. The van der Waals surface area contributed by atoms with Crippen molar-refractivity contribution in [2.24, 2.45) is 0 Å². The maximum absolute atomic E-state index is 12.3. The highest BCUT2D eigenvalue weighted by molar-refractivity contribution is 7.89. The van der Waals surface area contributed by atoms with Gasteiger partial charge in [-0.25, -0.2) is 12.7 Å². The SMILES string of the molecule is CC(c1ccc(Cl)cc1)N(C)Cc1cccc(S(=O)(=O)N(C)C)c1. The van der Waals surface area contributed by atoms with Gasteiger partial charge in [0.25, 0.3) is 0 Å². The lowest BCUT2D eigenvalue weighted by Gasteiger charge is -2.25. The van der Waals surface area contributed by atoms with E-state index in [0.717, 1.165) is 10.6 Å². The van der Waals surface area contributed by atoms with Gasteiger partial charge in [0.05, 0.1) is 4.90 Å². The first kappa shape index (κ1) is 18.9. The molecule has 0 amide bonds. The summed E-state index contributed by atoms with van der Waals surface area (Å²) in [6, 6.07) is 15.1. The first-order valence-electron chi connectivity index (χ1n) is 7.69. The van der Waals surface area contributed by atoms with Crippen LogP contribution in [-0.4, -0.2) is 38.8 Å². The van der Waals surface area contributed by atoms with Crippen molar-refractivity contribution in [1.82, 2.24) is 9.21 Å². The second kappa shape index (κ2) is 7.66. The van der Waals surface area contributed by atoms with Gasteiger partial charge in [0.1, 0.15) is 0 Å². The Morgan fingerprint density at radius 3 is 2.25 bits per heavy atom. The molecule has 0 saturated heterocycles. The average molecular weight is 367 g/mol. The molecular formula is C18H23ClN2O2S. The Balaban J connectivity index is 2.17. The molecule has 0 spiro atoms. The number of benzene rings is 2. The van der Waals surface area contributed by atoms with Crippen molar-refractivity contribution in [3.05, 3.63) is 64.7 Å². The van der Waals surface area contributed by atoms with Crippen LogP contribution in [0.4, 0.5) is 0 Å². The van der Waals surface area contributed by atoms with Crippen LogP contribution < -0.4 is 0 Å². The molecule has 0 heterocycles. The lowest BCUT2D eigenvalue weighted by atomic mass is 10.1. The van der Waals surface area contributed by atoms with Crippen molar-refractivity contribution in [2.45, 2.75) is 24.4 Å². The van der Waals surface area contributed by atoms with E-state index in [4.69, 9.17) is 11.6 Å². The number of rotatable bonds is 6. The molecule has 0 bridgehead atoms. The molecular weight excluding hydrogens is 344 g/mol. The van der Waals surface area contributed by atoms with E-state index in [0.29, 0.717) is 11.4 Å². The van der Waals surface area contributed by atoms with Crippen LogP contribution in [-0.2, 0) is 16.6 Å². The third kappa shape index (κ3) is 4.36. The molecule has 0 N–H and O–H groups in total. The van der Waals surface area contributed by atoms with Gasteiger partial charge >= 0.3 is 0 Å². The van der Waals surface area contributed by atoms with E-state index < -0.39 is 10.0 Å². The number of halogens is 1. The summed E-state index contributed by atoms with van der Waals surface area (Å²) in [6.07, 6.45) is 0. The summed E-state index contributed by atoms with van der Waals surface area (Å²) in [5, 5.41) is 0.718. The molecule has 0 aliphatic rings. The number of sulfonamides is 1. The summed E-state index contributed by atoms with van der Waals surface area (Å²) in [6.45, 7) is 2.77. The van der Waals surface area contributed by atoms with Gasteiger partial charge in [-0.15, -0.1) is 0 Å². The Kier molecular flexibility index (Phi) is 6.04. The molecule has 0 aliphatic heterocycles. The monoisotopic (exact) mass is 366 g/mol. The Bertz CT molecular complexity index is 789. The predicted octanol–water partition coefficient (Wildman–Crippen LogP) is 3.78.